The quantitative estimate of drug-likeness (QED) is 0.233. The molecule has 0 rings (SSSR count). The van der Waals surface area contributed by atoms with E-state index in [1.807, 2.05) is 13.8 Å². The van der Waals surface area contributed by atoms with Crippen molar-refractivity contribution in [3.05, 3.63) is 0 Å². The molecule has 0 atom stereocenters. The van der Waals surface area contributed by atoms with Crippen LogP contribution in [0.3, 0.4) is 0 Å². The summed E-state index contributed by atoms with van der Waals surface area (Å²) >= 11 is 0. The van der Waals surface area contributed by atoms with Crippen molar-refractivity contribution in [1.82, 2.24) is 0 Å². The van der Waals surface area contributed by atoms with Gasteiger partial charge < -0.3 is 9.47 Å². The first-order chi connectivity index (χ1) is 9.78. The Morgan fingerprint density at radius 3 is 1.35 bits per heavy atom. The van der Waals surface area contributed by atoms with Crippen molar-refractivity contribution in [2.24, 2.45) is 10.2 Å². The Kier molecular flexibility index (Phi) is 13.6. The molecule has 4 heteroatoms. The molecule has 0 heterocycles. The number of rotatable bonds is 11. The van der Waals surface area contributed by atoms with Crippen molar-refractivity contribution in [2.45, 2.75) is 79.1 Å². The second kappa shape index (κ2) is 14.4. The van der Waals surface area contributed by atoms with Gasteiger partial charge in [0.1, 0.15) is 0 Å². The SMILES string of the molecule is CCCCC/C(=N/N=C(\CCCCC)OCC)OCC. The molecule has 0 aliphatic carbocycles. The smallest absolute Gasteiger partial charge is 0.208 e. The van der Waals surface area contributed by atoms with Gasteiger partial charge in [0.05, 0.1) is 13.2 Å². The van der Waals surface area contributed by atoms with Crippen LogP contribution < -0.4 is 0 Å². The predicted octanol–water partition coefficient (Wildman–Crippen LogP) is 4.93. The molecule has 0 unspecified atom stereocenters. The number of ether oxygens (including phenoxy) is 2. The Labute approximate surface area is 124 Å². The summed E-state index contributed by atoms with van der Waals surface area (Å²) in [5, 5.41) is 8.48. The highest BCUT2D eigenvalue weighted by Crippen LogP contribution is 2.05. The van der Waals surface area contributed by atoms with Crippen LogP contribution in [0, 0.1) is 0 Å². The maximum Gasteiger partial charge on any atom is 0.208 e. The van der Waals surface area contributed by atoms with Crippen LogP contribution in [0.25, 0.3) is 0 Å². The van der Waals surface area contributed by atoms with Crippen molar-refractivity contribution in [1.29, 1.82) is 0 Å². The Bertz CT molecular complexity index is 248. The minimum atomic E-state index is 0.639. The summed E-state index contributed by atoms with van der Waals surface area (Å²) in [6.45, 7) is 9.61. The average Bonchev–Trinajstić information content (AvgIpc) is 2.45. The van der Waals surface area contributed by atoms with Gasteiger partial charge in [-0.1, -0.05) is 39.5 Å². The predicted molar refractivity (Wildman–Crippen MR) is 86.4 cm³/mol. The van der Waals surface area contributed by atoms with Gasteiger partial charge in [0.25, 0.3) is 0 Å². The third-order valence-corrected chi connectivity index (χ3v) is 2.88. The van der Waals surface area contributed by atoms with Crippen molar-refractivity contribution >= 4 is 11.8 Å². The van der Waals surface area contributed by atoms with Crippen molar-refractivity contribution in [3.63, 3.8) is 0 Å². The van der Waals surface area contributed by atoms with Gasteiger partial charge in [0.15, 0.2) is 0 Å². The molecule has 0 saturated heterocycles. The molecule has 0 fully saturated rings. The van der Waals surface area contributed by atoms with E-state index in [9.17, 15) is 0 Å². The second-order valence-electron chi connectivity index (χ2n) is 4.77. The lowest BCUT2D eigenvalue weighted by Crippen LogP contribution is -2.07. The molecule has 0 saturated carbocycles. The van der Waals surface area contributed by atoms with Crippen LogP contribution in [0.1, 0.15) is 79.1 Å². The molecule has 0 aromatic carbocycles. The molecule has 0 aromatic rings. The average molecular weight is 284 g/mol. The topological polar surface area (TPSA) is 43.2 Å². The molecule has 20 heavy (non-hydrogen) atoms. The van der Waals surface area contributed by atoms with Gasteiger partial charge in [0, 0.05) is 12.8 Å². The summed E-state index contributed by atoms with van der Waals surface area (Å²) in [4.78, 5) is 0. The van der Waals surface area contributed by atoms with Crippen LogP contribution in [-0.4, -0.2) is 25.0 Å². The van der Waals surface area contributed by atoms with Crippen LogP contribution in [-0.2, 0) is 9.47 Å². The van der Waals surface area contributed by atoms with Crippen LogP contribution in [0.4, 0.5) is 0 Å². The Balaban J connectivity index is 4.46. The lowest BCUT2D eigenvalue weighted by Gasteiger charge is -2.07. The van der Waals surface area contributed by atoms with E-state index in [4.69, 9.17) is 9.47 Å². The van der Waals surface area contributed by atoms with Gasteiger partial charge >= 0.3 is 0 Å². The molecule has 0 bridgehead atoms. The molecule has 0 amide bonds. The first kappa shape index (κ1) is 18.9. The molecule has 4 nitrogen and oxygen atoms in total. The monoisotopic (exact) mass is 284 g/mol. The van der Waals surface area contributed by atoms with E-state index in [2.05, 4.69) is 24.1 Å². The summed E-state index contributed by atoms with van der Waals surface area (Å²) in [7, 11) is 0. The highest BCUT2D eigenvalue weighted by molar-refractivity contribution is 5.79. The zero-order valence-electron chi connectivity index (χ0n) is 13.8. The van der Waals surface area contributed by atoms with E-state index < -0.39 is 0 Å². The van der Waals surface area contributed by atoms with Crippen LogP contribution in [0.5, 0.6) is 0 Å². The highest BCUT2D eigenvalue weighted by Gasteiger charge is 2.02. The van der Waals surface area contributed by atoms with Crippen molar-refractivity contribution in [3.8, 4) is 0 Å². The number of hydrogen-bond donors (Lipinski definition) is 0. The molecule has 0 spiro atoms. The normalized spacial score (nSPS) is 12.6. The summed E-state index contributed by atoms with van der Waals surface area (Å²) in [5.74, 6) is 1.46. The summed E-state index contributed by atoms with van der Waals surface area (Å²) in [5.41, 5.74) is 0. The lowest BCUT2D eigenvalue weighted by molar-refractivity contribution is 0.307. The van der Waals surface area contributed by atoms with Gasteiger partial charge in [-0.15, -0.1) is 10.2 Å². The summed E-state index contributed by atoms with van der Waals surface area (Å²) < 4.78 is 11.1. The number of hydrogen-bond acceptors (Lipinski definition) is 4. The van der Waals surface area contributed by atoms with E-state index >= 15 is 0 Å². The zero-order chi connectivity index (χ0) is 15.1. The van der Waals surface area contributed by atoms with E-state index in [0.29, 0.717) is 13.2 Å². The summed E-state index contributed by atoms with van der Waals surface area (Å²) in [6.07, 6.45) is 8.72. The largest absolute Gasteiger partial charge is 0.480 e. The van der Waals surface area contributed by atoms with E-state index in [1.54, 1.807) is 0 Å². The van der Waals surface area contributed by atoms with Gasteiger partial charge in [-0.2, -0.15) is 0 Å². The first-order valence-corrected chi connectivity index (χ1v) is 8.17. The van der Waals surface area contributed by atoms with Crippen LogP contribution in [0.15, 0.2) is 10.2 Å². The molecular formula is C16H32N2O2. The first-order valence-electron chi connectivity index (χ1n) is 8.17. The number of nitrogens with zero attached hydrogens (tertiary/aromatic N) is 2. The van der Waals surface area contributed by atoms with Gasteiger partial charge in [0.2, 0.25) is 11.8 Å². The molecule has 0 aromatic heterocycles. The third-order valence-electron chi connectivity index (χ3n) is 2.88. The van der Waals surface area contributed by atoms with Crippen LogP contribution >= 0.6 is 0 Å². The van der Waals surface area contributed by atoms with E-state index in [0.717, 1.165) is 37.5 Å². The summed E-state index contributed by atoms with van der Waals surface area (Å²) in [6, 6.07) is 0. The minimum Gasteiger partial charge on any atom is -0.480 e. The molecule has 0 aliphatic rings. The number of unbranched alkanes of at least 4 members (excludes halogenated alkanes) is 4. The molecule has 118 valence electrons. The zero-order valence-corrected chi connectivity index (χ0v) is 13.8. The van der Waals surface area contributed by atoms with Crippen LogP contribution in [0.2, 0.25) is 0 Å². The van der Waals surface area contributed by atoms with Gasteiger partial charge in [-0.05, 0) is 26.7 Å². The lowest BCUT2D eigenvalue weighted by atomic mass is 10.2. The highest BCUT2D eigenvalue weighted by atomic mass is 16.5. The second-order valence-corrected chi connectivity index (χ2v) is 4.77. The standard InChI is InChI=1S/C16H32N2O2/c1-5-9-11-13-15(19-7-3)17-18-16(20-8-4)14-12-10-6-2/h5-14H2,1-4H3/b17-15-,18-16+. The fourth-order valence-corrected chi connectivity index (χ4v) is 1.80. The Morgan fingerprint density at radius 2 is 1.05 bits per heavy atom. The van der Waals surface area contributed by atoms with E-state index in [1.165, 1.54) is 25.7 Å². The molecule has 0 N–H and O–H groups in total. The fraction of sp³-hybridized carbons (Fsp3) is 0.875. The minimum absolute atomic E-state index is 0.639. The van der Waals surface area contributed by atoms with Crippen molar-refractivity contribution < 1.29 is 9.47 Å². The van der Waals surface area contributed by atoms with Gasteiger partial charge in [-0.25, -0.2) is 0 Å². The fourth-order valence-electron chi connectivity index (χ4n) is 1.80. The van der Waals surface area contributed by atoms with E-state index in [-0.39, 0.29) is 0 Å². The van der Waals surface area contributed by atoms with Crippen molar-refractivity contribution in [2.75, 3.05) is 13.2 Å². The maximum absolute atomic E-state index is 5.53. The Hall–Kier alpha value is -1.06. The van der Waals surface area contributed by atoms with Gasteiger partial charge in [-0.3, -0.25) is 0 Å². The molecule has 0 aliphatic heterocycles. The molecule has 0 radical (unpaired) electrons. The maximum atomic E-state index is 5.53. The molecular weight excluding hydrogens is 252 g/mol. The third kappa shape index (κ3) is 10.8. The Morgan fingerprint density at radius 1 is 0.650 bits per heavy atom.